The second kappa shape index (κ2) is 7.41. The number of thioether (sulfide) groups is 1. The number of benzene rings is 1. The molecule has 1 amide bonds. The Morgan fingerprint density at radius 1 is 1.46 bits per heavy atom. The van der Waals surface area contributed by atoms with Crippen molar-refractivity contribution in [3.63, 3.8) is 0 Å². The number of carboxylic acids is 1. The number of carbonyl (C=O) groups is 2. The highest BCUT2D eigenvalue weighted by Crippen LogP contribution is 2.35. The molecule has 10 heteroatoms. The van der Waals surface area contributed by atoms with Gasteiger partial charge in [0.2, 0.25) is 0 Å². The number of rotatable bonds is 6. The van der Waals surface area contributed by atoms with Crippen LogP contribution in [0, 0.1) is 10.1 Å². The van der Waals surface area contributed by atoms with Gasteiger partial charge in [-0.2, -0.15) is 0 Å². The topological polar surface area (TPSA) is 121 Å². The lowest BCUT2D eigenvalue weighted by Gasteiger charge is -2.13. The summed E-state index contributed by atoms with van der Waals surface area (Å²) < 4.78 is 0.279. The van der Waals surface area contributed by atoms with Crippen LogP contribution in [-0.4, -0.2) is 42.8 Å². The van der Waals surface area contributed by atoms with Gasteiger partial charge < -0.3 is 10.2 Å². The maximum absolute atomic E-state index is 12.3. The van der Waals surface area contributed by atoms with Gasteiger partial charge in [0.1, 0.15) is 10.1 Å². The number of phenolic OH excluding ortho intramolecular Hbond substituents is 1. The van der Waals surface area contributed by atoms with Gasteiger partial charge in [-0.25, -0.2) is 0 Å². The van der Waals surface area contributed by atoms with E-state index in [1.54, 1.807) is 0 Å². The quantitative estimate of drug-likeness (QED) is 0.340. The zero-order valence-electron chi connectivity index (χ0n) is 12.2. The number of nitrogens with zero attached hydrogens (tertiary/aromatic N) is 2. The lowest BCUT2D eigenvalue weighted by molar-refractivity contribution is -0.384. The van der Waals surface area contributed by atoms with E-state index in [1.165, 1.54) is 17.0 Å². The number of carbonyl (C=O) groups excluding carboxylic acids is 1. The van der Waals surface area contributed by atoms with Gasteiger partial charge in [-0.15, -0.1) is 0 Å². The fourth-order valence-electron chi connectivity index (χ4n) is 1.99. The lowest BCUT2D eigenvalue weighted by Crippen LogP contribution is -2.29. The number of thiocarbonyl (C=S) groups is 1. The van der Waals surface area contributed by atoms with Crippen molar-refractivity contribution in [1.82, 2.24) is 4.90 Å². The van der Waals surface area contributed by atoms with Crippen LogP contribution in [0.2, 0.25) is 0 Å². The normalized spacial score (nSPS) is 16.0. The van der Waals surface area contributed by atoms with Crippen LogP contribution in [0.25, 0.3) is 6.08 Å². The van der Waals surface area contributed by atoms with Gasteiger partial charge in [0, 0.05) is 30.7 Å². The van der Waals surface area contributed by atoms with E-state index >= 15 is 0 Å². The molecule has 0 atom stereocenters. The number of phenols is 1. The molecule has 1 fully saturated rings. The number of non-ortho nitro benzene ring substituents is 1. The minimum absolute atomic E-state index is 0.0816. The molecule has 2 rings (SSSR count). The van der Waals surface area contributed by atoms with Crippen LogP contribution in [0.4, 0.5) is 5.69 Å². The summed E-state index contributed by atoms with van der Waals surface area (Å²) in [5.41, 5.74) is -0.0776. The Balaban J connectivity index is 2.21. The van der Waals surface area contributed by atoms with Crippen LogP contribution in [0.5, 0.6) is 5.75 Å². The number of hydrogen-bond donors (Lipinski definition) is 2. The van der Waals surface area contributed by atoms with Crippen molar-refractivity contribution < 1.29 is 24.7 Å². The highest BCUT2D eigenvalue weighted by molar-refractivity contribution is 8.26. The van der Waals surface area contributed by atoms with Crippen LogP contribution in [0.15, 0.2) is 23.1 Å². The summed E-state index contributed by atoms with van der Waals surface area (Å²) in [7, 11) is 0. The SMILES string of the molecule is O=C(O)CCCN1C(=O)C(=Cc2cc([N+](=O)[O-])ccc2O)SC1=S. The van der Waals surface area contributed by atoms with Crippen LogP contribution < -0.4 is 0 Å². The number of nitro benzene ring substituents is 1. The Hall–Kier alpha value is -2.46. The molecule has 24 heavy (non-hydrogen) atoms. The second-order valence-corrected chi connectivity index (χ2v) is 6.51. The average molecular weight is 368 g/mol. The van der Waals surface area contributed by atoms with Crippen molar-refractivity contribution in [3.05, 3.63) is 38.8 Å². The third-order valence-corrected chi connectivity index (χ3v) is 4.53. The van der Waals surface area contributed by atoms with Gasteiger partial charge in [-0.3, -0.25) is 24.6 Å². The van der Waals surface area contributed by atoms with E-state index in [2.05, 4.69) is 0 Å². The van der Waals surface area contributed by atoms with Crippen LogP contribution >= 0.6 is 24.0 Å². The van der Waals surface area contributed by atoms with Gasteiger partial charge in [-0.1, -0.05) is 24.0 Å². The standard InChI is InChI=1S/C14H12N2O6S2/c17-10-4-3-9(16(21)22)6-8(10)7-11-13(20)15(14(23)24-11)5-1-2-12(18)19/h3-4,6-7,17H,1-2,5H2,(H,18,19). The zero-order chi connectivity index (χ0) is 17.9. The number of hydrogen-bond acceptors (Lipinski definition) is 7. The number of amides is 1. The largest absolute Gasteiger partial charge is 0.507 e. The Morgan fingerprint density at radius 2 is 2.17 bits per heavy atom. The van der Waals surface area contributed by atoms with E-state index in [0.717, 1.165) is 23.9 Å². The van der Waals surface area contributed by atoms with Crippen LogP contribution in [0.1, 0.15) is 18.4 Å². The number of nitro groups is 1. The lowest BCUT2D eigenvalue weighted by atomic mass is 10.1. The molecule has 2 N–H and O–H groups in total. The molecule has 0 aliphatic carbocycles. The Kier molecular flexibility index (Phi) is 5.52. The molecule has 126 valence electrons. The molecular formula is C14H12N2O6S2. The molecule has 0 radical (unpaired) electrons. The predicted molar refractivity (Wildman–Crippen MR) is 91.5 cm³/mol. The summed E-state index contributed by atoms with van der Waals surface area (Å²) in [4.78, 5) is 34.5. The first-order valence-electron chi connectivity index (χ1n) is 6.74. The van der Waals surface area contributed by atoms with Gasteiger partial charge in [0.05, 0.1) is 9.83 Å². The Morgan fingerprint density at radius 3 is 2.79 bits per heavy atom. The van der Waals surface area contributed by atoms with Gasteiger partial charge in [0.15, 0.2) is 0 Å². The van der Waals surface area contributed by atoms with Gasteiger partial charge in [-0.05, 0) is 18.6 Å². The number of aliphatic carboxylic acids is 1. The molecular weight excluding hydrogens is 356 g/mol. The van der Waals surface area contributed by atoms with E-state index in [1.807, 2.05) is 0 Å². The first-order chi connectivity index (χ1) is 11.3. The Bertz CT molecular complexity index is 762. The van der Waals surface area contributed by atoms with E-state index in [9.17, 15) is 24.8 Å². The zero-order valence-corrected chi connectivity index (χ0v) is 13.8. The summed E-state index contributed by atoms with van der Waals surface area (Å²) >= 11 is 6.10. The van der Waals surface area contributed by atoms with Crippen molar-refractivity contribution >= 4 is 51.9 Å². The Labute approximate surface area is 145 Å². The van der Waals surface area contributed by atoms with Gasteiger partial charge >= 0.3 is 5.97 Å². The molecule has 0 spiro atoms. The van der Waals surface area contributed by atoms with Crippen molar-refractivity contribution in [1.29, 1.82) is 0 Å². The van der Waals surface area contributed by atoms with Crippen molar-refractivity contribution in [2.24, 2.45) is 0 Å². The summed E-state index contributed by atoms with van der Waals surface area (Å²) in [5.74, 6) is -1.57. The smallest absolute Gasteiger partial charge is 0.303 e. The van der Waals surface area contributed by atoms with Crippen LogP contribution in [-0.2, 0) is 9.59 Å². The second-order valence-electron chi connectivity index (χ2n) is 4.83. The van der Waals surface area contributed by atoms with Crippen LogP contribution in [0.3, 0.4) is 0 Å². The van der Waals surface area contributed by atoms with E-state index in [4.69, 9.17) is 17.3 Å². The molecule has 1 aromatic carbocycles. The molecule has 1 heterocycles. The van der Waals surface area contributed by atoms with E-state index in [0.29, 0.717) is 0 Å². The average Bonchev–Trinajstić information content (AvgIpc) is 2.76. The monoisotopic (exact) mass is 368 g/mol. The van der Waals surface area contributed by atoms with E-state index in [-0.39, 0.29) is 45.6 Å². The molecule has 0 bridgehead atoms. The third-order valence-electron chi connectivity index (χ3n) is 3.15. The fourth-order valence-corrected chi connectivity index (χ4v) is 3.29. The third kappa shape index (κ3) is 4.09. The minimum atomic E-state index is -0.961. The molecule has 1 aliphatic rings. The molecule has 0 unspecified atom stereocenters. The summed E-state index contributed by atoms with van der Waals surface area (Å²) in [5, 5.41) is 29.2. The molecule has 1 saturated heterocycles. The highest BCUT2D eigenvalue weighted by Gasteiger charge is 2.32. The maximum atomic E-state index is 12.3. The molecule has 0 saturated carbocycles. The summed E-state index contributed by atoms with van der Waals surface area (Å²) in [6.07, 6.45) is 1.51. The predicted octanol–water partition coefficient (Wildman–Crippen LogP) is 2.37. The summed E-state index contributed by atoms with van der Waals surface area (Å²) in [6, 6.07) is 3.49. The minimum Gasteiger partial charge on any atom is -0.507 e. The molecule has 1 aliphatic heterocycles. The highest BCUT2D eigenvalue weighted by atomic mass is 32.2. The first kappa shape index (κ1) is 17.9. The van der Waals surface area contributed by atoms with Crippen molar-refractivity contribution in [3.8, 4) is 5.75 Å². The molecule has 8 nitrogen and oxygen atoms in total. The number of aromatic hydroxyl groups is 1. The van der Waals surface area contributed by atoms with E-state index < -0.39 is 16.8 Å². The number of carboxylic acid groups (broad SMARTS) is 1. The van der Waals surface area contributed by atoms with Gasteiger partial charge in [0.25, 0.3) is 11.6 Å². The molecule has 1 aromatic rings. The summed E-state index contributed by atoms with van der Waals surface area (Å²) in [6.45, 7) is 0.176. The maximum Gasteiger partial charge on any atom is 0.303 e. The van der Waals surface area contributed by atoms with Crippen molar-refractivity contribution in [2.45, 2.75) is 12.8 Å². The fraction of sp³-hybridized carbons (Fsp3) is 0.214. The first-order valence-corrected chi connectivity index (χ1v) is 7.96. The molecule has 0 aromatic heterocycles. The van der Waals surface area contributed by atoms with Crippen molar-refractivity contribution in [2.75, 3.05) is 6.54 Å².